The summed E-state index contributed by atoms with van der Waals surface area (Å²) in [6, 6.07) is 33.1. The average molecular weight is 722 g/mol. The van der Waals surface area contributed by atoms with Crippen LogP contribution in [0.1, 0.15) is 22.9 Å². The number of aromatic nitrogens is 4. The molecule has 1 aliphatic rings. The van der Waals surface area contributed by atoms with Gasteiger partial charge >= 0.3 is 0 Å². The summed E-state index contributed by atoms with van der Waals surface area (Å²) in [6.45, 7) is -0.608. The number of H-pyrrole nitrogens is 1. The number of carbonyl (C=O) groups is 1. The van der Waals surface area contributed by atoms with Crippen molar-refractivity contribution in [3.8, 4) is 17.2 Å². The second-order valence-electron chi connectivity index (χ2n) is 12.2. The molecule has 1 amide bonds. The number of alkyl halides is 1. The molecule has 4 aromatic carbocycles. The van der Waals surface area contributed by atoms with Crippen LogP contribution in [0.5, 0.6) is 17.2 Å². The maximum atomic E-state index is 16.0. The normalized spacial score (nSPS) is 18.5. The van der Waals surface area contributed by atoms with Gasteiger partial charge in [-0.15, -0.1) is 0 Å². The van der Waals surface area contributed by atoms with Gasteiger partial charge in [0.15, 0.2) is 30.2 Å². The molecular weight excluding hydrogens is 685 g/mol. The lowest BCUT2D eigenvalue weighted by molar-refractivity contribution is -0.118. The van der Waals surface area contributed by atoms with Crippen molar-refractivity contribution < 1.29 is 38.0 Å². The van der Waals surface area contributed by atoms with Crippen LogP contribution in [0.2, 0.25) is 0 Å². The van der Waals surface area contributed by atoms with Crippen LogP contribution in [0.25, 0.3) is 11.2 Å². The second kappa shape index (κ2) is 15.3. The fourth-order valence-electron chi connectivity index (χ4n) is 6.35. The van der Waals surface area contributed by atoms with Crippen molar-refractivity contribution in [1.29, 1.82) is 0 Å². The summed E-state index contributed by atoms with van der Waals surface area (Å²) < 4.78 is 46.5. The molecule has 1 aliphatic heterocycles. The number of carbonyl (C=O) groups excluding carboxylic acids is 1. The number of halogens is 1. The zero-order valence-electron chi connectivity index (χ0n) is 28.7. The van der Waals surface area contributed by atoms with Gasteiger partial charge in [-0.1, -0.05) is 72.8 Å². The number of para-hydroxylation sites is 1. The summed E-state index contributed by atoms with van der Waals surface area (Å²) in [5, 5.41) is 13.7. The third-order valence-corrected chi connectivity index (χ3v) is 9.01. The molecule has 0 bridgehead atoms. The Balaban J connectivity index is 1.17. The van der Waals surface area contributed by atoms with Crippen molar-refractivity contribution in [1.82, 2.24) is 19.5 Å². The van der Waals surface area contributed by atoms with Gasteiger partial charge in [0.2, 0.25) is 5.95 Å². The first-order chi connectivity index (χ1) is 25.8. The summed E-state index contributed by atoms with van der Waals surface area (Å²) in [4.78, 5) is 36.4. The van der Waals surface area contributed by atoms with Gasteiger partial charge < -0.3 is 28.8 Å². The molecule has 2 aromatic heterocycles. The highest BCUT2D eigenvalue weighted by Gasteiger charge is 2.48. The third kappa shape index (κ3) is 7.07. The lowest BCUT2D eigenvalue weighted by atomic mass is 9.80. The lowest BCUT2D eigenvalue weighted by Gasteiger charge is -2.37. The van der Waals surface area contributed by atoms with Crippen molar-refractivity contribution in [2.45, 2.75) is 30.2 Å². The molecule has 14 heteroatoms. The predicted molar refractivity (Wildman–Crippen MR) is 192 cm³/mol. The molecule has 13 nitrogen and oxygen atoms in total. The molecular formula is C39H36FN5O8. The zero-order chi connectivity index (χ0) is 37.0. The van der Waals surface area contributed by atoms with E-state index in [1.54, 1.807) is 38.5 Å². The maximum absolute atomic E-state index is 16.0. The summed E-state index contributed by atoms with van der Waals surface area (Å²) in [5.74, 6) is 0.978. The van der Waals surface area contributed by atoms with Gasteiger partial charge in [-0.25, -0.2) is 9.37 Å². The van der Waals surface area contributed by atoms with Crippen molar-refractivity contribution in [2.75, 3.05) is 32.8 Å². The van der Waals surface area contributed by atoms with Crippen LogP contribution in [-0.4, -0.2) is 76.3 Å². The Morgan fingerprint density at radius 2 is 1.47 bits per heavy atom. The number of aliphatic hydroxyl groups is 1. The highest BCUT2D eigenvalue weighted by atomic mass is 19.1. The van der Waals surface area contributed by atoms with E-state index in [2.05, 4.69) is 20.3 Å². The first-order valence-corrected chi connectivity index (χ1v) is 16.7. The molecule has 0 saturated carbocycles. The third-order valence-electron chi connectivity index (χ3n) is 9.01. The lowest BCUT2D eigenvalue weighted by Crippen LogP contribution is -2.39. The molecule has 1 fully saturated rings. The molecule has 3 N–H and O–H groups in total. The smallest absolute Gasteiger partial charge is 0.280 e. The fourth-order valence-corrected chi connectivity index (χ4v) is 6.35. The minimum atomic E-state index is -1.97. The molecule has 0 radical (unpaired) electrons. The fraction of sp³-hybridized carbons (Fsp3) is 0.231. The largest absolute Gasteiger partial charge is 0.497 e. The molecule has 4 atom stereocenters. The second-order valence-corrected chi connectivity index (χ2v) is 12.2. The van der Waals surface area contributed by atoms with Gasteiger partial charge in [0.1, 0.15) is 35.1 Å². The van der Waals surface area contributed by atoms with Gasteiger partial charge in [-0.05, 0) is 53.1 Å². The number of methoxy groups -OCH3 is 2. The van der Waals surface area contributed by atoms with Crippen molar-refractivity contribution in [3.05, 3.63) is 143 Å². The Kier molecular flexibility index (Phi) is 10.2. The van der Waals surface area contributed by atoms with Crippen LogP contribution < -0.4 is 25.1 Å². The summed E-state index contributed by atoms with van der Waals surface area (Å²) >= 11 is 0. The van der Waals surface area contributed by atoms with Crippen LogP contribution in [0, 0.1) is 0 Å². The van der Waals surface area contributed by atoms with E-state index in [0.29, 0.717) is 17.2 Å². The standard InChI is InChI=1S/C39H36FN5O8/c1-49-27-17-13-25(14-18-27)39(24-9-5-3-6-10-24,26-15-19-28(50-2)20-16-26)52-21-30-34(47)32(40)37(53-30)45-23-41-33-35(45)43-38(44-36(33)48)42-31(46)22-51-29-11-7-4-8-12-29/h3-20,23,30,32,34,37,47H,21-22H2,1-2H3,(H2,42,43,44,46,48)/t30-,32-,34-,37-/m1/s1. The van der Waals surface area contributed by atoms with Crippen LogP contribution in [0.4, 0.5) is 10.3 Å². The summed E-state index contributed by atoms with van der Waals surface area (Å²) in [6.07, 6.45) is -4.99. The van der Waals surface area contributed by atoms with Crippen molar-refractivity contribution >= 4 is 23.0 Å². The average Bonchev–Trinajstić information content (AvgIpc) is 3.75. The molecule has 272 valence electrons. The number of benzene rings is 4. The molecule has 53 heavy (non-hydrogen) atoms. The highest BCUT2D eigenvalue weighted by molar-refractivity contribution is 5.90. The van der Waals surface area contributed by atoms with Crippen LogP contribution >= 0.6 is 0 Å². The number of hydrogen-bond acceptors (Lipinski definition) is 10. The minimum absolute atomic E-state index is 0.0652. The van der Waals surface area contributed by atoms with E-state index in [-0.39, 0.29) is 30.3 Å². The molecule has 6 aromatic rings. The van der Waals surface area contributed by atoms with Crippen molar-refractivity contribution in [3.63, 3.8) is 0 Å². The van der Waals surface area contributed by atoms with E-state index >= 15 is 4.39 Å². The van der Waals surface area contributed by atoms with Crippen LogP contribution in [0.3, 0.4) is 0 Å². The Hall–Kier alpha value is -6.09. The van der Waals surface area contributed by atoms with Gasteiger partial charge in [0, 0.05) is 0 Å². The maximum Gasteiger partial charge on any atom is 0.280 e. The van der Waals surface area contributed by atoms with E-state index < -0.39 is 41.7 Å². The van der Waals surface area contributed by atoms with E-state index in [1.165, 1.54) is 10.9 Å². The Bertz CT molecular complexity index is 2170. The Labute approximate surface area is 302 Å². The van der Waals surface area contributed by atoms with Gasteiger partial charge in [0.05, 0.1) is 27.2 Å². The predicted octanol–water partition coefficient (Wildman–Crippen LogP) is 4.76. The number of anilines is 1. The van der Waals surface area contributed by atoms with Gasteiger partial charge in [-0.3, -0.25) is 24.5 Å². The minimum Gasteiger partial charge on any atom is -0.497 e. The van der Waals surface area contributed by atoms with E-state index in [1.807, 2.05) is 84.9 Å². The van der Waals surface area contributed by atoms with Gasteiger partial charge in [0.25, 0.3) is 11.5 Å². The number of amides is 1. The topological polar surface area (TPSA) is 159 Å². The molecule has 0 spiro atoms. The first kappa shape index (κ1) is 35.3. The first-order valence-electron chi connectivity index (χ1n) is 16.7. The number of ether oxygens (including phenoxy) is 5. The number of nitrogens with zero attached hydrogens (tertiary/aromatic N) is 3. The summed E-state index contributed by atoms with van der Waals surface area (Å²) in [5.41, 5.74) is 0.143. The quantitative estimate of drug-likeness (QED) is 0.142. The molecule has 3 heterocycles. The number of imidazole rings is 1. The molecule has 0 unspecified atom stereocenters. The van der Waals surface area contributed by atoms with Gasteiger partial charge in [-0.2, -0.15) is 4.98 Å². The molecule has 1 saturated heterocycles. The number of aromatic amines is 1. The monoisotopic (exact) mass is 721 g/mol. The van der Waals surface area contributed by atoms with E-state index in [0.717, 1.165) is 16.7 Å². The summed E-state index contributed by atoms with van der Waals surface area (Å²) in [7, 11) is 3.16. The SMILES string of the molecule is COc1ccc(C(OC[C@H]2O[C@@H](n3cnc4c(=O)[nH]c(NC(=O)COc5ccccc5)nc43)[C@H](F)[C@@H]2O)(c2ccccc2)c2ccc(OC)cc2)cc1. The van der Waals surface area contributed by atoms with E-state index in [4.69, 9.17) is 23.7 Å². The van der Waals surface area contributed by atoms with E-state index in [9.17, 15) is 14.7 Å². The Morgan fingerprint density at radius 3 is 2.08 bits per heavy atom. The number of aliphatic hydroxyl groups excluding tert-OH is 1. The van der Waals surface area contributed by atoms with Crippen LogP contribution in [0.15, 0.2) is 120 Å². The zero-order valence-corrected chi connectivity index (χ0v) is 28.7. The number of nitrogens with one attached hydrogen (secondary N) is 2. The van der Waals surface area contributed by atoms with Crippen molar-refractivity contribution in [2.24, 2.45) is 0 Å². The number of hydrogen-bond donors (Lipinski definition) is 3. The molecule has 0 aliphatic carbocycles. The Morgan fingerprint density at radius 1 is 0.887 bits per heavy atom. The highest BCUT2D eigenvalue weighted by Crippen LogP contribution is 2.43. The molecule has 7 rings (SSSR count). The number of rotatable bonds is 13. The van der Waals surface area contributed by atoms with Crippen LogP contribution in [-0.2, 0) is 19.9 Å². The number of fused-ring (bicyclic) bond motifs is 1.